The molecule has 0 radical (unpaired) electrons. The summed E-state index contributed by atoms with van der Waals surface area (Å²) in [5.74, 6) is -0.881. The summed E-state index contributed by atoms with van der Waals surface area (Å²) in [6.07, 6.45) is 53.4. The molecule has 0 aromatic heterocycles. The van der Waals surface area contributed by atoms with E-state index >= 15 is 0 Å². The van der Waals surface area contributed by atoms with Gasteiger partial charge < -0.3 is 14.2 Å². The second kappa shape index (κ2) is 47.6. The molecule has 1 unspecified atom stereocenters. The molecule has 0 aliphatic rings. The van der Waals surface area contributed by atoms with Gasteiger partial charge in [0.05, 0.1) is 0 Å². The molecule has 0 aliphatic carbocycles. The number of hydrogen-bond acceptors (Lipinski definition) is 6. The Morgan fingerprint density at radius 2 is 0.621 bits per heavy atom. The van der Waals surface area contributed by atoms with Crippen molar-refractivity contribution in [3.63, 3.8) is 0 Å². The van der Waals surface area contributed by atoms with Gasteiger partial charge in [0, 0.05) is 19.3 Å². The fourth-order valence-corrected chi connectivity index (χ4v) is 7.36. The zero-order valence-corrected chi connectivity index (χ0v) is 38.8. The number of carbonyl (C=O) groups excluding carboxylic acids is 3. The van der Waals surface area contributed by atoms with Crippen LogP contribution in [0.4, 0.5) is 0 Å². The van der Waals surface area contributed by atoms with Crippen molar-refractivity contribution < 1.29 is 28.6 Å². The molecule has 6 nitrogen and oxygen atoms in total. The summed E-state index contributed by atoms with van der Waals surface area (Å²) < 4.78 is 16.7. The van der Waals surface area contributed by atoms with Gasteiger partial charge in [-0.2, -0.15) is 0 Å². The molecule has 0 fully saturated rings. The van der Waals surface area contributed by atoms with Crippen LogP contribution in [0.15, 0.2) is 24.3 Å². The summed E-state index contributed by atoms with van der Waals surface area (Å²) in [6, 6.07) is 0. The van der Waals surface area contributed by atoms with Crippen molar-refractivity contribution >= 4 is 17.9 Å². The van der Waals surface area contributed by atoms with Crippen LogP contribution in [0.5, 0.6) is 0 Å². The first kappa shape index (κ1) is 55.9. The zero-order valence-electron chi connectivity index (χ0n) is 38.8. The van der Waals surface area contributed by atoms with E-state index in [9.17, 15) is 14.4 Å². The molecule has 0 amide bonds. The monoisotopic (exact) mass is 817 g/mol. The fraction of sp³-hybridized carbons (Fsp3) is 0.865. The quantitative estimate of drug-likeness (QED) is 0.0263. The van der Waals surface area contributed by atoms with Gasteiger partial charge in [0.1, 0.15) is 13.2 Å². The predicted molar refractivity (Wildman–Crippen MR) is 247 cm³/mol. The first-order valence-electron chi connectivity index (χ1n) is 25.3. The lowest BCUT2D eigenvalue weighted by Gasteiger charge is -2.18. The van der Waals surface area contributed by atoms with Crippen LogP contribution in [-0.4, -0.2) is 37.2 Å². The number of esters is 3. The van der Waals surface area contributed by atoms with Gasteiger partial charge in [-0.05, 0) is 51.4 Å². The Hall–Kier alpha value is -2.11. The fourth-order valence-electron chi connectivity index (χ4n) is 7.36. The minimum atomic E-state index is -0.766. The molecule has 0 aromatic rings. The van der Waals surface area contributed by atoms with Crippen LogP contribution in [0, 0.1) is 0 Å². The van der Waals surface area contributed by atoms with Gasteiger partial charge in [0.25, 0.3) is 0 Å². The number of carbonyl (C=O) groups is 3. The van der Waals surface area contributed by atoms with Crippen LogP contribution in [0.2, 0.25) is 0 Å². The first-order chi connectivity index (χ1) is 28.5. The van der Waals surface area contributed by atoms with Gasteiger partial charge in [0.15, 0.2) is 6.10 Å². The van der Waals surface area contributed by atoms with Crippen LogP contribution in [0.1, 0.15) is 271 Å². The topological polar surface area (TPSA) is 78.9 Å². The maximum absolute atomic E-state index is 12.7. The smallest absolute Gasteiger partial charge is 0.306 e. The number of unbranched alkanes of at least 4 members (excludes halogenated alkanes) is 31. The van der Waals surface area contributed by atoms with Gasteiger partial charge >= 0.3 is 17.9 Å². The second-order valence-electron chi connectivity index (χ2n) is 17.1. The third-order valence-electron chi connectivity index (χ3n) is 11.2. The van der Waals surface area contributed by atoms with Crippen molar-refractivity contribution in [2.45, 2.75) is 277 Å². The Morgan fingerprint density at radius 3 is 0.966 bits per heavy atom. The van der Waals surface area contributed by atoms with E-state index < -0.39 is 6.10 Å². The Labute approximate surface area is 360 Å². The molecular formula is C52H96O6. The third kappa shape index (κ3) is 45.0. The molecule has 340 valence electrons. The van der Waals surface area contributed by atoms with E-state index in [1.54, 1.807) is 0 Å². The van der Waals surface area contributed by atoms with Crippen molar-refractivity contribution in [1.29, 1.82) is 0 Å². The standard InChI is InChI=1S/C52H96O6/c1-4-7-10-13-15-17-19-21-23-25-27-28-30-32-34-36-39-42-45-51(54)57-48-49(47-56-50(53)44-41-38-12-9-6-3)58-52(55)46-43-40-37-35-33-31-29-26-24-22-20-18-16-14-11-8-5-2/h17,19,23,25,49H,4-16,18,20-22,24,26-48H2,1-3H3/b19-17-,25-23-. The van der Waals surface area contributed by atoms with Crippen molar-refractivity contribution in [2.24, 2.45) is 0 Å². The van der Waals surface area contributed by atoms with Crippen LogP contribution in [0.3, 0.4) is 0 Å². The van der Waals surface area contributed by atoms with E-state index in [1.165, 1.54) is 154 Å². The van der Waals surface area contributed by atoms with E-state index in [1.807, 2.05) is 0 Å². The van der Waals surface area contributed by atoms with E-state index in [0.29, 0.717) is 19.3 Å². The molecule has 0 N–H and O–H groups in total. The average molecular weight is 817 g/mol. The summed E-state index contributed by atoms with van der Waals surface area (Å²) in [4.78, 5) is 37.6. The molecule has 1 atom stereocenters. The molecule has 6 heteroatoms. The first-order valence-corrected chi connectivity index (χ1v) is 25.3. The van der Waals surface area contributed by atoms with Crippen LogP contribution >= 0.6 is 0 Å². The highest BCUT2D eigenvalue weighted by Crippen LogP contribution is 2.16. The Kier molecular flexibility index (Phi) is 45.8. The van der Waals surface area contributed by atoms with E-state index in [4.69, 9.17) is 14.2 Å². The molecule has 0 bridgehead atoms. The lowest BCUT2D eigenvalue weighted by Crippen LogP contribution is -2.30. The minimum absolute atomic E-state index is 0.0715. The summed E-state index contributed by atoms with van der Waals surface area (Å²) >= 11 is 0. The van der Waals surface area contributed by atoms with Crippen molar-refractivity contribution in [3.05, 3.63) is 24.3 Å². The highest BCUT2D eigenvalue weighted by atomic mass is 16.6. The molecule has 58 heavy (non-hydrogen) atoms. The van der Waals surface area contributed by atoms with Gasteiger partial charge in [-0.3, -0.25) is 14.4 Å². The molecule has 0 saturated carbocycles. The third-order valence-corrected chi connectivity index (χ3v) is 11.2. The SMILES string of the molecule is CCCCCC/C=C\C/C=C\CCCCCCCCCC(=O)OCC(COC(=O)CCCCCCC)OC(=O)CCCCCCCCCCCCCCCCCCC. The zero-order chi connectivity index (χ0) is 42.3. The lowest BCUT2D eigenvalue weighted by molar-refractivity contribution is -0.167. The second-order valence-corrected chi connectivity index (χ2v) is 17.1. The Bertz CT molecular complexity index is 942. The highest BCUT2D eigenvalue weighted by molar-refractivity contribution is 5.71. The van der Waals surface area contributed by atoms with Gasteiger partial charge in [-0.1, -0.05) is 225 Å². The molecule has 0 heterocycles. The van der Waals surface area contributed by atoms with Crippen LogP contribution < -0.4 is 0 Å². The molecule has 0 aromatic carbocycles. The Balaban J connectivity index is 4.15. The minimum Gasteiger partial charge on any atom is -0.462 e. The molecule has 0 saturated heterocycles. The number of rotatable bonds is 46. The molecule has 0 aliphatic heterocycles. The van der Waals surface area contributed by atoms with E-state index in [0.717, 1.165) is 77.0 Å². The normalized spacial score (nSPS) is 12.1. The number of hydrogen-bond donors (Lipinski definition) is 0. The van der Waals surface area contributed by atoms with Crippen molar-refractivity contribution in [1.82, 2.24) is 0 Å². The average Bonchev–Trinajstić information content (AvgIpc) is 3.22. The Morgan fingerprint density at radius 1 is 0.345 bits per heavy atom. The maximum Gasteiger partial charge on any atom is 0.306 e. The summed E-state index contributed by atoms with van der Waals surface area (Å²) in [6.45, 7) is 6.56. The number of allylic oxidation sites excluding steroid dienone is 4. The lowest BCUT2D eigenvalue weighted by atomic mass is 10.0. The van der Waals surface area contributed by atoms with Crippen molar-refractivity contribution in [3.8, 4) is 0 Å². The summed E-state index contributed by atoms with van der Waals surface area (Å²) in [5.41, 5.74) is 0. The number of ether oxygens (including phenoxy) is 3. The summed E-state index contributed by atoms with van der Waals surface area (Å²) in [5, 5.41) is 0. The van der Waals surface area contributed by atoms with Crippen LogP contribution in [0.25, 0.3) is 0 Å². The van der Waals surface area contributed by atoms with Crippen LogP contribution in [-0.2, 0) is 28.6 Å². The highest BCUT2D eigenvalue weighted by Gasteiger charge is 2.19. The molecule has 0 spiro atoms. The molecule has 0 rings (SSSR count). The summed E-state index contributed by atoms with van der Waals surface area (Å²) in [7, 11) is 0. The van der Waals surface area contributed by atoms with Crippen molar-refractivity contribution in [2.75, 3.05) is 13.2 Å². The van der Waals surface area contributed by atoms with Gasteiger partial charge in [0.2, 0.25) is 0 Å². The largest absolute Gasteiger partial charge is 0.462 e. The molecular weight excluding hydrogens is 721 g/mol. The van der Waals surface area contributed by atoms with E-state index in [2.05, 4.69) is 45.1 Å². The van der Waals surface area contributed by atoms with Gasteiger partial charge in [-0.15, -0.1) is 0 Å². The van der Waals surface area contributed by atoms with Gasteiger partial charge in [-0.25, -0.2) is 0 Å². The van der Waals surface area contributed by atoms with E-state index in [-0.39, 0.29) is 31.1 Å². The maximum atomic E-state index is 12.7. The predicted octanol–water partition coefficient (Wildman–Crippen LogP) is 16.4.